The molecule has 1 saturated heterocycles. The third-order valence-corrected chi connectivity index (χ3v) is 8.69. The lowest BCUT2D eigenvalue weighted by Crippen LogP contribution is -2.46. The topological polar surface area (TPSA) is 176 Å². The predicted octanol–water partition coefficient (Wildman–Crippen LogP) is 2.61. The van der Waals surface area contributed by atoms with Gasteiger partial charge in [-0.2, -0.15) is 8.78 Å². The van der Waals surface area contributed by atoms with E-state index in [4.69, 9.17) is 15.3 Å². The van der Waals surface area contributed by atoms with E-state index in [1.807, 2.05) is 19.9 Å². The van der Waals surface area contributed by atoms with Gasteiger partial charge >= 0.3 is 12.3 Å². The third kappa shape index (κ3) is 6.44. The molecule has 0 unspecified atom stereocenters. The zero-order valence-corrected chi connectivity index (χ0v) is 27.1. The minimum atomic E-state index is -3.45. The van der Waals surface area contributed by atoms with Crippen LogP contribution >= 0.6 is 0 Å². The number of anilines is 3. The number of nitrogens with zero attached hydrogens (tertiary/aromatic N) is 6. The van der Waals surface area contributed by atoms with Crippen LogP contribution in [0.1, 0.15) is 59.9 Å². The fourth-order valence-corrected chi connectivity index (χ4v) is 6.15. The van der Waals surface area contributed by atoms with Gasteiger partial charge in [-0.1, -0.05) is 0 Å². The van der Waals surface area contributed by atoms with Gasteiger partial charge in [0.2, 0.25) is 5.91 Å². The number of fused-ring (bicyclic) bond motifs is 1. The van der Waals surface area contributed by atoms with E-state index in [-0.39, 0.29) is 42.2 Å². The van der Waals surface area contributed by atoms with Crippen molar-refractivity contribution in [1.29, 1.82) is 0 Å². The van der Waals surface area contributed by atoms with Crippen molar-refractivity contribution in [3.8, 4) is 11.5 Å². The Morgan fingerprint density at radius 3 is 2.48 bits per heavy atom. The number of halogens is 2. The van der Waals surface area contributed by atoms with Gasteiger partial charge in [0.1, 0.15) is 35.2 Å². The number of carbonyl (C=O) groups excluding carboxylic acids is 3. The number of benzene rings is 1. The van der Waals surface area contributed by atoms with E-state index in [1.54, 1.807) is 37.3 Å². The van der Waals surface area contributed by atoms with Gasteiger partial charge in [0.25, 0.3) is 5.91 Å². The highest BCUT2D eigenvalue weighted by atomic mass is 19.3. The highest BCUT2D eigenvalue weighted by Gasteiger charge is 2.48. The van der Waals surface area contributed by atoms with Crippen LogP contribution in [-0.2, 0) is 21.5 Å². The Morgan fingerprint density at radius 1 is 1.12 bits per heavy atom. The molecular weight excluding hydrogens is 630 g/mol. The molecule has 0 spiro atoms. The summed E-state index contributed by atoms with van der Waals surface area (Å²) in [6.07, 6.45) is -0.893. The summed E-state index contributed by atoms with van der Waals surface area (Å²) in [5.41, 5.74) is 1.34. The zero-order chi connectivity index (χ0) is 34.7. The highest BCUT2D eigenvalue weighted by Crippen LogP contribution is 2.46. The van der Waals surface area contributed by atoms with E-state index < -0.39 is 23.7 Å². The molecule has 48 heavy (non-hydrogen) atoms. The molecule has 4 N–H and O–H groups in total. The normalized spacial score (nSPS) is 15.8. The number of piperidine rings is 1. The number of hydrogen-bond acceptors (Lipinski definition) is 12. The van der Waals surface area contributed by atoms with E-state index in [1.165, 1.54) is 12.4 Å². The van der Waals surface area contributed by atoms with Crippen molar-refractivity contribution in [2.24, 2.45) is 5.84 Å². The van der Waals surface area contributed by atoms with Crippen molar-refractivity contribution in [1.82, 2.24) is 20.0 Å². The minimum absolute atomic E-state index is 0.128. The number of aliphatic hydroxyl groups excluding tert-OH is 1. The van der Waals surface area contributed by atoms with Crippen LogP contribution in [0.5, 0.6) is 11.5 Å². The Balaban J connectivity index is 1.40. The lowest BCUT2D eigenvalue weighted by molar-refractivity contribution is -0.140. The van der Waals surface area contributed by atoms with Crippen LogP contribution in [0, 0.1) is 0 Å². The summed E-state index contributed by atoms with van der Waals surface area (Å²) in [6.45, 7) is 5.01. The first-order chi connectivity index (χ1) is 22.9. The van der Waals surface area contributed by atoms with Gasteiger partial charge in [-0.05, 0) is 51.0 Å². The van der Waals surface area contributed by atoms with Gasteiger partial charge in [-0.3, -0.25) is 19.3 Å². The molecule has 1 fully saturated rings. The molecule has 0 radical (unpaired) electrons. The standard InChI is InChI=1S/C32H38F2N8O6/c1-32(2)24-27(37-17-38-28(24)41(31(32)46)16-19-5-6-20(47-3)15-23(19)48-4)40-12-9-18(10-13-40)25-21(36-11-14-43)7-8-22(39-25)29(44)42(35)30(45)26(33)34/h5-8,15,17-18,26,36,43H,9-14,16,35H2,1-4H3. The number of hydrogen-bond donors (Lipinski definition) is 3. The van der Waals surface area contributed by atoms with Gasteiger partial charge < -0.3 is 24.8 Å². The summed E-state index contributed by atoms with van der Waals surface area (Å²) in [7, 11) is 3.13. The fourth-order valence-electron chi connectivity index (χ4n) is 6.15. The smallest absolute Gasteiger partial charge is 0.317 e. The second-order valence-corrected chi connectivity index (χ2v) is 11.9. The molecule has 0 saturated carbocycles. The number of aliphatic hydroxyl groups is 1. The molecule has 2 aliphatic rings. The van der Waals surface area contributed by atoms with Crippen molar-refractivity contribution in [2.75, 3.05) is 55.6 Å². The van der Waals surface area contributed by atoms with Crippen molar-refractivity contribution >= 4 is 35.0 Å². The largest absolute Gasteiger partial charge is 0.497 e. The predicted molar refractivity (Wildman–Crippen MR) is 171 cm³/mol. The number of carbonyl (C=O) groups is 3. The number of nitrogens with two attached hydrogens (primary N) is 1. The lowest BCUT2D eigenvalue weighted by Gasteiger charge is -2.35. The molecule has 16 heteroatoms. The Bertz CT molecular complexity index is 1700. The summed E-state index contributed by atoms with van der Waals surface area (Å²) >= 11 is 0. The number of methoxy groups -OCH3 is 2. The maximum atomic E-state index is 13.9. The van der Waals surface area contributed by atoms with Crippen LogP contribution in [0.3, 0.4) is 0 Å². The molecular formula is C32H38F2N8O6. The maximum Gasteiger partial charge on any atom is 0.317 e. The number of alkyl halides is 2. The Hall–Kier alpha value is -4.96. The monoisotopic (exact) mass is 668 g/mol. The zero-order valence-electron chi connectivity index (χ0n) is 27.1. The maximum absolute atomic E-state index is 13.9. The van der Waals surface area contributed by atoms with E-state index in [0.717, 1.165) is 5.56 Å². The SMILES string of the molecule is COc1ccc(CN2C(=O)C(C)(C)c3c(N4CCC(c5nc(C(=O)N(N)C(=O)C(F)F)ccc5NCCO)CC4)ncnc32)c(OC)c1. The average molecular weight is 669 g/mol. The van der Waals surface area contributed by atoms with Gasteiger partial charge in [0.05, 0.1) is 49.7 Å². The van der Waals surface area contributed by atoms with Crippen LogP contribution in [0.25, 0.3) is 0 Å². The summed E-state index contributed by atoms with van der Waals surface area (Å²) in [4.78, 5) is 55.6. The molecule has 3 amide bonds. The molecule has 1 aromatic carbocycles. The van der Waals surface area contributed by atoms with E-state index in [2.05, 4.69) is 25.2 Å². The number of rotatable bonds is 11. The Kier molecular flexibility index (Phi) is 10.0. The van der Waals surface area contributed by atoms with Crippen molar-refractivity contribution < 1.29 is 37.7 Å². The second-order valence-electron chi connectivity index (χ2n) is 11.9. The number of nitrogens with one attached hydrogen (secondary N) is 1. The molecule has 2 aromatic heterocycles. The molecule has 4 heterocycles. The van der Waals surface area contributed by atoms with Gasteiger partial charge in [-0.25, -0.2) is 25.8 Å². The Morgan fingerprint density at radius 2 is 1.83 bits per heavy atom. The van der Waals surface area contributed by atoms with Crippen LogP contribution in [0.4, 0.5) is 26.1 Å². The van der Waals surface area contributed by atoms with Crippen LogP contribution in [0.15, 0.2) is 36.7 Å². The van der Waals surface area contributed by atoms with Crippen LogP contribution < -0.4 is 30.4 Å². The van der Waals surface area contributed by atoms with Crippen molar-refractivity contribution in [3.63, 3.8) is 0 Å². The molecule has 0 aliphatic carbocycles. The molecule has 0 atom stereocenters. The van der Waals surface area contributed by atoms with Crippen molar-refractivity contribution in [2.45, 2.75) is 51.0 Å². The first-order valence-corrected chi connectivity index (χ1v) is 15.3. The molecule has 256 valence electrons. The van der Waals surface area contributed by atoms with Gasteiger partial charge in [0, 0.05) is 37.2 Å². The quantitative estimate of drug-likeness (QED) is 0.155. The van der Waals surface area contributed by atoms with Gasteiger partial charge in [-0.15, -0.1) is 0 Å². The number of ether oxygens (including phenoxy) is 2. The molecule has 0 bridgehead atoms. The van der Waals surface area contributed by atoms with E-state index >= 15 is 0 Å². The third-order valence-electron chi connectivity index (χ3n) is 8.69. The number of pyridine rings is 1. The first kappa shape index (κ1) is 34.4. The summed E-state index contributed by atoms with van der Waals surface area (Å²) in [5.74, 6) is 4.45. The molecule has 3 aromatic rings. The highest BCUT2D eigenvalue weighted by molar-refractivity contribution is 6.08. The number of imide groups is 1. The minimum Gasteiger partial charge on any atom is -0.497 e. The molecule has 14 nitrogen and oxygen atoms in total. The number of hydrazine groups is 1. The number of aromatic nitrogens is 3. The summed E-state index contributed by atoms with van der Waals surface area (Å²) in [5, 5.41) is 12.3. The molecule has 5 rings (SSSR count). The first-order valence-electron chi connectivity index (χ1n) is 15.3. The average Bonchev–Trinajstić information content (AvgIpc) is 3.30. The van der Waals surface area contributed by atoms with Crippen molar-refractivity contribution in [3.05, 3.63) is 59.2 Å². The lowest BCUT2D eigenvalue weighted by atomic mass is 9.86. The second kappa shape index (κ2) is 14.0. The Labute approximate surface area is 275 Å². The fraction of sp³-hybridized carbons (Fsp3) is 0.438. The van der Waals surface area contributed by atoms with Gasteiger partial charge in [0.15, 0.2) is 0 Å². The van der Waals surface area contributed by atoms with E-state index in [9.17, 15) is 28.3 Å². The number of amides is 3. The molecule has 2 aliphatic heterocycles. The van der Waals surface area contributed by atoms with Crippen LogP contribution in [-0.4, -0.2) is 89.7 Å². The van der Waals surface area contributed by atoms with Crippen LogP contribution in [0.2, 0.25) is 0 Å². The van der Waals surface area contributed by atoms with E-state index in [0.29, 0.717) is 66.0 Å². The summed E-state index contributed by atoms with van der Waals surface area (Å²) < 4.78 is 36.7. The summed E-state index contributed by atoms with van der Waals surface area (Å²) in [6, 6.07) is 8.26.